The van der Waals surface area contributed by atoms with Crippen molar-refractivity contribution in [2.45, 2.75) is 32.2 Å². The third kappa shape index (κ3) is 4.07. The number of nitrogens with zero attached hydrogens (tertiary/aromatic N) is 1. The smallest absolute Gasteiger partial charge is 0.00478 e. The molecule has 1 unspecified atom stereocenters. The lowest BCUT2D eigenvalue weighted by Gasteiger charge is -2.18. The van der Waals surface area contributed by atoms with Crippen LogP contribution in [0.4, 0.5) is 0 Å². The molecule has 1 rings (SSSR count). The fourth-order valence-electron chi connectivity index (χ4n) is 1.39. The van der Waals surface area contributed by atoms with Crippen LogP contribution in [0.1, 0.15) is 26.2 Å². The quantitative estimate of drug-likeness (QED) is 0.647. The van der Waals surface area contributed by atoms with Crippen molar-refractivity contribution in [3.63, 3.8) is 0 Å². The summed E-state index contributed by atoms with van der Waals surface area (Å²) in [5.41, 5.74) is 0. The van der Waals surface area contributed by atoms with Gasteiger partial charge < -0.3 is 10.2 Å². The fraction of sp³-hybridized carbons (Fsp3) is 1.00. The Morgan fingerprint density at radius 2 is 2.17 bits per heavy atom. The Hall–Kier alpha value is -0.0800. The first-order chi connectivity index (χ1) is 5.72. The van der Waals surface area contributed by atoms with Crippen LogP contribution in [0.2, 0.25) is 0 Å². The van der Waals surface area contributed by atoms with E-state index in [1.807, 2.05) is 7.05 Å². The average Bonchev–Trinajstić information content (AvgIpc) is 2.84. The van der Waals surface area contributed by atoms with Gasteiger partial charge in [-0.05, 0) is 52.7 Å². The molecule has 0 aliphatic heterocycles. The highest BCUT2D eigenvalue weighted by Crippen LogP contribution is 2.29. The predicted molar refractivity (Wildman–Crippen MR) is 53.4 cm³/mol. The molecule has 0 amide bonds. The van der Waals surface area contributed by atoms with Crippen LogP contribution in [0.25, 0.3) is 0 Å². The Morgan fingerprint density at radius 3 is 2.67 bits per heavy atom. The van der Waals surface area contributed by atoms with E-state index in [-0.39, 0.29) is 0 Å². The minimum Gasteiger partial charge on any atom is -0.317 e. The van der Waals surface area contributed by atoms with E-state index in [4.69, 9.17) is 0 Å². The highest BCUT2D eigenvalue weighted by atomic mass is 15.1. The van der Waals surface area contributed by atoms with Crippen LogP contribution in [-0.4, -0.2) is 38.1 Å². The molecule has 0 bridgehead atoms. The van der Waals surface area contributed by atoms with Crippen LogP contribution in [0, 0.1) is 5.92 Å². The van der Waals surface area contributed by atoms with Gasteiger partial charge in [-0.1, -0.05) is 0 Å². The van der Waals surface area contributed by atoms with Gasteiger partial charge in [-0.15, -0.1) is 0 Å². The molecule has 72 valence electrons. The highest BCUT2D eigenvalue weighted by Gasteiger charge is 2.22. The molecular formula is C10H22N2. The molecule has 1 aliphatic rings. The molecule has 0 aromatic heterocycles. The lowest BCUT2D eigenvalue weighted by molar-refractivity contribution is 0.302. The summed E-state index contributed by atoms with van der Waals surface area (Å²) in [6.07, 6.45) is 4.19. The Bertz CT molecular complexity index is 121. The van der Waals surface area contributed by atoms with Gasteiger partial charge in [0.2, 0.25) is 0 Å². The lowest BCUT2D eigenvalue weighted by atomic mass is 10.2. The molecule has 1 N–H and O–H groups in total. The van der Waals surface area contributed by atoms with Gasteiger partial charge in [-0.2, -0.15) is 0 Å². The van der Waals surface area contributed by atoms with E-state index >= 15 is 0 Å². The van der Waals surface area contributed by atoms with Gasteiger partial charge in [-0.3, -0.25) is 0 Å². The predicted octanol–water partition coefficient (Wildman–Crippen LogP) is 1.33. The monoisotopic (exact) mass is 170 g/mol. The van der Waals surface area contributed by atoms with E-state index in [1.54, 1.807) is 0 Å². The van der Waals surface area contributed by atoms with E-state index < -0.39 is 0 Å². The van der Waals surface area contributed by atoms with Gasteiger partial charge >= 0.3 is 0 Å². The molecular weight excluding hydrogens is 148 g/mol. The molecule has 2 nitrogen and oxygen atoms in total. The molecule has 2 heteroatoms. The van der Waals surface area contributed by atoms with Crippen molar-refractivity contribution in [2.75, 3.05) is 27.2 Å². The molecule has 1 fully saturated rings. The normalized spacial score (nSPS) is 20.0. The van der Waals surface area contributed by atoms with E-state index in [0.29, 0.717) is 6.04 Å². The zero-order valence-corrected chi connectivity index (χ0v) is 8.64. The topological polar surface area (TPSA) is 15.3 Å². The van der Waals surface area contributed by atoms with Gasteiger partial charge in [0.1, 0.15) is 0 Å². The van der Waals surface area contributed by atoms with Gasteiger partial charge in [0.15, 0.2) is 0 Å². The summed E-state index contributed by atoms with van der Waals surface area (Å²) in [6, 6.07) is 0.659. The molecule has 12 heavy (non-hydrogen) atoms. The Morgan fingerprint density at radius 1 is 1.50 bits per heavy atom. The highest BCUT2D eigenvalue weighted by molar-refractivity contribution is 4.76. The fourth-order valence-corrected chi connectivity index (χ4v) is 1.39. The molecule has 0 aromatic rings. The first-order valence-corrected chi connectivity index (χ1v) is 5.08. The Labute approximate surface area is 76.3 Å². The summed E-state index contributed by atoms with van der Waals surface area (Å²) in [4.78, 5) is 2.46. The first kappa shape index (κ1) is 10.0. The molecule has 1 saturated carbocycles. The number of hydrogen-bond donors (Lipinski definition) is 1. The summed E-state index contributed by atoms with van der Waals surface area (Å²) in [5, 5.41) is 3.26. The summed E-state index contributed by atoms with van der Waals surface area (Å²) < 4.78 is 0. The summed E-state index contributed by atoms with van der Waals surface area (Å²) in [7, 11) is 4.27. The Balaban J connectivity index is 1.96. The minimum atomic E-state index is 0.659. The van der Waals surface area contributed by atoms with Crippen molar-refractivity contribution in [3.8, 4) is 0 Å². The number of nitrogens with one attached hydrogen (secondary N) is 1. The van der Waals surface area contributed by atoms with Crippen LogP contribution in [0.3, 0.4) is 0 Å². The minimum absolute atomic E-state index is 0.659. The third-order valence-corrected chi connectivity index (χ3v) is 2.70. The largest absolute Gasteiger partial charge is 0.317 e. The van der Waals surface area contributed by atoms with Gasteiger partial charge in [0, 0.05) is 12.6 Å². The van der Waals surface area contributed by atoms with E-state index in [2.05, 4.69) is 24.2 Å². The standard InChI is InChI=1S/C10H22N2/c1-9(11-2)6-7-12(3)8-10-4-5-10/h9-11H,4-8H2,1-3H3. The first-order valence-electron chi connectivity index (χ1n) is 5.08. The maximum absolute atomic E-state index is 3.26. The molecule has 0 radical (unpaired) electrons. The van der Waals surface area contributed by atoms with Crippen LogP contribution >= 0.6 is 0 Å². The van der Waals surface area contributed by atoms with Gasteiger partial charge in [0.25, 0.3) is 0 Å². The summed E-state index contributed by atoms with van der Waals surface area (Å²) >= 11 is 0. The van der Waals surface area contributed by atoms with E-state index in [9.17, 15) is 0 Å². The van der Waals surface area contributed by atoms with Crippen LogP contribution in [-0.2, 0) is 0 Å². The second-order valence-electron chi connectivity index (χ2n) is 4.18. The molecule has 0 spiro atoms. The van der Waals surface area contributed by atoms with E-state index in [0.717, 1.165) is 5.92 Å². The SMILES string of the molecule is CNC(C)CCN(C)CC1CC1. The second kappa shape index (κ2) is 4.83. The van der Waals surface area contributed by atoms with Crippen molar-refractivity contribution in [1.82, 2.24) is 10.2 Å². The number of hydrogen-bond acceptors (Lipinski definition) is 2. The number of rotatable bonds is 6. The van der Waals surface area contributed by atoms with Crippen molar-refractivity contribution in [3.05, 3.63) is 0 Å². The zero-order valence-electron chi connectivity index (χ0n) is 8.64. The second-order valence-corrected chi connectivity index (χ2v) is 4.18. The van der Waals surface area contributed by atoms with Crippen molar-refractivity contribution in [1.29, 1.82) is 0 Å². The summed E-state index contributed by atoms with van der Waals surface area (Å²) in [5.74, 6) is 1.03. The maximum Gasteiger partial charge on any atom is 0.00478 e. The summed E-state index contributed by atoms with van der Waals surface area (Å²) in [6.45, 7) is 4.79. The molecule has 1 atom stereocenters. The van der Waals surface area contributed by atoms with Gasteiger partial charge in [-0.25, -0.2) is 0 Å². The van der Waals surface area contributed by atoms with Crippen molar-refractivity contribution in [2.24, 2.45) is 5.92 Å². The molecule has 0 heterocycles. The van der Waals surface area contributed by atoms with Crippen LogP contribution in [0.5, 0.6) is 0 Å². The van der Waals surface area contributed by atoms with Crippen molar-refractivity contribution >= 4 is 0 Å². The Kier molecular flexibility index (Phi) is 4.02. The lowest BCUT2D eigenvalue weighted by Crippen LogP contribution is -2.29. The zero-order chi connectivity index (χ0) is 8.97. The molecule has 1 aliphatic carbocycles. The maximum atomic E-state index is 3.26. The van der Waals surface area contributed by atoms with Crippen molar-refractivity contribution < 1.29 is 0 Å². The molecule has 0 saturated heterocycles. The average molecular weight is 170 g/mol. The van der Waals surface area contributed by atoms with Crippen LogP contribution in [0.15, 0.2) is 0 Å². The van der Waals surface area contributed by atoms with E-state index in [1.165, 1.54) is 32.4 Å². The third-order valence-electron chi connectivity index (χ3n) is 2.70. The van der Waals surface area contributed by atoms with Gasteiger partial charge in [0.05, 0.1) is 0 Å². The van der Waals surface area contributed by atoms with Crippen LogP contribution < -0.4 is 5.32 Å². The molecule has 0 aromatic carbocycles.